The van der Waals surface area contributed by atoms with E-state index in [1.54, 1.807) is 18.2 Å². The standard InChI is InChI=1S/C9H8NO4/c1-13-8(11)6-3-2-4-7-9(12)14-5-10(6)7/h2-4H,5H2,1H3/q+1. The molecule has 0 saturated heterocycles. The van der Waals surface area contributed by atoms with Gasteiger partial charge in [0.05, 0.1) is 7.11 Å². The Morgan fingerprint density at radius 1 is 1.57 bits per heavy atom. The molecule has 0 aromatic carbocycles. The van der Waals surface area contributed by atoms with E-state index in [1.165, 1.54) is 11.7 Å². The Balaban J connectivity index is 2.54. The van der Waals surface area contributed by atoms with Gasteiger partial charge in [0, 0.05) is 12.1 Å². The van der Waals surface area contributed by atoms with Crippen LogP contribution in [0.2, 0.25) is 0 Å². The van der Waals surface area contributed by atoms with Gasteiger partial charge < -0.3 is 9.47 Å². The van der Waals surface area contributed by atoms with Crippen molar-refractivity contribution in [2.75, 3.05) is 7.11 Å². The number of aromatic nitrogens is 1. The molecule has 0 saturated carbocycles. The first-order valence-corrected chi connectivity index (χ1v) is 4.02. The highest BCUT2D eigenvalue weighted by molar-refractivity contribution is 5.89. The van der Waals surface area contributed by atoms with Crippen LogP contribution in [0.3, 0.4) is 0 Å². The van der Waals surface area contributed by atoms with Crippen LogP contribution in [0.25, 0.3) is 0 Å². The SMILES string of the molecule is COC(=O)c1cccc2[n+]1COC2=O. The van der Waals surface area contributed by atoms with Gasteiger partial charge in [-0.15, -0.1) is 4.57 Å². The maximum atomic E-state index is 11.3. The number of ether oxygens (including phenoxy) is 2. The van der Waals surface area contributed by atoms with Gasteiger partial charge in [0.25, 0.3) is 18.1 Å². The molecule has 0 radical (unpaired) electrons. The summed E-state index contributed by atoms with van der Waals surface area (Å²) in [6.45, 7) is 0.0689. The predicted molar refractivity (Wildman–Crippen MR) is 43.4 cm³/mol. The largest absolute Gasteiger partial charge is 0.461 e. The van der Waals surface area contributed by atoms with Gasteiger partial charge in [0.1, 0.15) is 0 Å². The molecular weight excluding hydrogens is 186 g/mol. The monoisotopic (exact) mass is 194 g/mol. The third-order valence-electron chi connectivity index (χ3n) is 2.02. The zero-order chi connectivity index (χ0) is 10.1. The number of pyridine rings is 1. The van der Waals surface area contributed by atoms with Crippen molar-refractivity contribution >= 4 is 11.9 Å². The lowest BCUT2D eigenvalue weighted by molar-refractivity contribution is -0.716. The van der Waals surface area contributed by atoms with Gasteiger partial charge in [-0.05, 0) is 6.07 Å². The Hall–Kier alpha value is -1.91. The zero-order valence-electron chi connectivity index (χ0n) is 7.52. The minimum Gasteiger partial charge on any atom is -0.461 e. The summed E-state index contributed by atoms with van der Waals surface area (Å²) in [5.41, 5.74) is 0.684. The smallest absolute Gasteiger partial charge is 0.408 e. The highest BCUT2D eigenvalue weighted by Gasteiger charge is 2.34. The van der Waals surface area contributed by atoms with Gasteiger partial charge in [-0.2, -0.15) is 0 Å². The van der Waals surface area contributed by atoms with Crippen LogP contribution in [-0.4, -0.2) is 19.0 Å². The summed E-state index contributed by atoms with van der Waals surface area (Å²) in [6, 6.07) is 4.80. The van der Waals surface area contributed by atoms with Crippen molar-refractivity contribution in [3.8, 4) is 0 Å². The summed E-state index contributed by atoms with van der Waals surface area (Å²) in [7, 11) is 1.29. The van der Waals surface area contributed by atoms with Crippen LogP contribution in [0.4, 0.5) is 0 Å². The van der Waals surface area contributed by atoms with Gasteiger partial charge in [-0.1, -0.05) is 0 Å². The number of carbonyl (C=O) groups excluding carboxylic acids is 2. The van der Waals surface area contributed by atoms with Crippen molar-refractivity contribution in [3.63, 3.8) is 0 Å². The Kier molecular flexibility index (Phi) is 1.92. The molecule has 0 unspecified atom stereocenters. The number of methoxy groups -OCH3 is 1. The minimum atomic E-state index is -0.481. The molecule has 0 aliphatic carbocycles. The molecule has 1 aliphatic rings. The van der Waals surface area contributed by atoms with E-state index in [-0.39, 0.29) is 6.73 Å². The maximum Gasteiger partial charge on any atom is 0.408 e. The number of nitrogens with zero attached hydrogens (tertiary/aromatic N) is 1. The Labute approximate surface area is 79.9 Å². The van der Waals surface area contributed by atoms with Crippen LogP contribution < -0.4 is 4.57 Å². The first-order chi connectivity index (χ1) is 6.74. The Morgan fingerprint density at radius 3 is 3.07 bits per heavy atom. The molecule has 5 heteroatoms. The second-order valence-corrected chi connectivity index (χ2v) is 2.78. The molecule has 0 fully saturated rings. The molecule has 2 rings (SSSR count). The molecule has 0 spiro atoms. The van der Waals surface area contributed by atoms with Gasteiger partial charge in [0.2, 0.25) is 0 Å². The fourth-order valence-corrected chi connectivity index (χ4v) is 1.34. The second-order valence-electron chi connectivity index (χ2n) is 2.78. The summed E-state index contributed by atoms with van der Waals surface area (Å²) < 4.78 is 10.8. The molecule has 14 heavy (non-hydrogen) atoms. The number of cyclic esters (lactones) is 1. The Bertz CT molecular complexity index is 413. The number of hydrogen-bond donors (Lipinski definition) is 0. The third-order valence-corrected chi connectivity index (χ3v) is 2.02. The lowest BCUT2D eigenvalue weighted by atomic mass is 10.3. The lowest BCUT2D eigenvalue weighted by Gasteiger charge is -1.96. The molecule has 0 bridgehead atoms. The highest BCUT2D eigenvalue weighted by atomic mass is 16.6. The van der Waals surface area contributed by atoms with Crippen molar-refractivity contribution in [3.05, 3.63) is 29.6 Å². The lowest BCUT2D eigenvalue weighted by Crippen LogP contribution is -2.40. The van der Waals surface area contributed by atoms with E-state index in [1.807, 2.05) is 0 Å². The molecule has 5 nitrogen and oxygen atoms in total. The molecule has 1 aromatic rings. The van der Waals surface area contributed by atoms with E-state index in [0.717, 1.165) is 0 Å². The van der Waals surface area contributed by atoms with Crippen LogP contribution in [0.1, 0.15) is 21.0 Å². The van der Waals surface area contributed by atoms with E-state index >= 15 is 0 Å². The molecule has 72 valence electrons. The summed E-state index contributed by atoms with van der Waals surface area (Å²) >= 11 is 0. The first kappa shape index (κ1) is 8.68. The van der Waals surface area contributed by atoms with Gasteiger partial charge in [-0.3, -0.25) is 0 Å². The molecule has 0 amide bonds. The fraction of sp³-hybridized carbons (Fsp3) is 0.222. The topological polar surface area (TPSA) is 56.5 Å². The molecule has 0 N–H and O–H groups in total. The predicted octanol–water partition coefficient (Wildman–Crippen LogP) is -0.111. The second kappa shape index (κ2) is 3.10. The van der Waals surface area contributed by atoms with Crippen LogP contribution in [0.5, 0.6) is 0 Å². The third kappa shape index (κ3) is 1.14. The number of esters is 2. The van der Waals surface area contributed by atoms with Crippen LogP contribution in [-0.2, 0) is 16.2 Å². The number of fused-ring (bicyclic) bond motifs is 1. The van der Waals surface area contributed by atoms with Crippen molar-refractivity contribution in [1.82, 2.24) is 0 Å². The van der Waals surface area contributed by atoms with Crippen molar-refractivity contribution in [2.24, 2.45) is 0 Å². The zero-order valence-corrected chi connectivity index (χ0v) is 7.52. The summed E-state index contributed by atoms with van der Waals surface area (Å²) in [5, 5.41) is 0. The van der Waals surface area contributed by atoms with E-state index < -0.39 is 11.9 Å². The van der Waals surface area contributed by atoms with Crippen molar-refractivity contribution in [2.45, 2.75) is 6.73 Å². The number of hydrogen-bond acceptors (Lipinski definition) is 4. The summed E-state index contributed by atoms with van der Waals surface area (Å²) in [4.78, 5) is 22.4. The van der Waals surface area contributed by atoms with Gasteiger partial charge in [0.15, 0.2) is 0 Å². The van der Waals surface area contributed by atoms with E-state index in [0.29, 0.717) is 11.4 Å². The molecule has 1 aliphatic heterocycles. The molecule has 2 heterocycles. The average molecular weight is 194 g/mol. The van der Waals surface area contributed by atoms with Gasteiger partial charge >= 0.3 is 11.9 Å². The first-order valence-electron chi connectivity index (χ1n) is 4.02. The molecule has 0 atom stereocenters. The minimum absolute atomic E-state index is 0.0689. The Morgan fingerprint density at radius 2 is 2.36 bits per heavy atom. The average Bonchev–Trinajstić information content (AvgIpc) is 2.59. The summed E-state index contributed by atoms with van der Waals surface area (Å²) in [5.74, 6) is -0.902. The van der Waals surface area contributed by atoms with E-state index in [4.69, 9.17) is 4.74 Å². The molecule has 1 aromatic heterocycles. The van der Waals surface area contributed by atoms with Crippen LogP contribution in [0.15, 0.2) is 18.2 Å². The number of carbonyl (C=O) groups is 2. The maximum absolute atomic E-state index is 11.3. The number of rotatable bonds is 1. The molecular formula is C9H8NO4+. The normalized spacial score (nSPS) is 13.4. The van der Waals surface area contributed by atoms with E-state index in [9.17, 15) is 9.59 Å². The van der Waals surface area contributed by atoms with Gasteiger partial charge in [-0.25, -0.2) is 9.59 Å². The highest BCUT2D eigenvalue weighted by Crippen LogP contribution is 2.06. The van der Waals surface area contributed by atoms with Crippen LogP contribution in [0, 0.1) is 0 Å². The summed E-state index contributed by atoms with van der Waals surface area (Å²) in [6.07, 6.45) is 0. The van der Waals surface area contributed by atoms with E-state index in [2.05, 4.69) is 4.74 Å². The quantitative estimate of drug-likeness (QED) is 0.462. The van der Waals surface area contributed by atoms with Crippen molar-refractivity contribution in [1.29, 1.82) is 0 Å². The van der Waals surface area contributed by atoms with Crippen molar-refractivity contribution < 1.29 is 23.6 Å². The van der Waals surface area contributed by atoms with Crippen LogP contribution >= 0.6 is 0 Å². The fourth-order valence-electron chi connectivity index (χ4n) is 1.34.